The Morgan fingerprint density at radius 3 is 3.05 bits per heavy atom. The van der Waals surface area contributed by atoms with E-state index in [4.69, 9.17) is 5.73 Å². The number of nitrogens with two attached hydrogens (primary N) is 1. The number of aliphatic hydroxyl groups is 1. The molecule has 5 nitrogen and oxygen atoms in total. The lowest BCUT2D eigenvalue weighted by molar-refractivity contribution is 0.222. The van der Waals surface area contributed by atoms with Crippen molar-refractivity contribution >= 4 is 22.4 Å². The Bertz CT molecular complexity index is 587. The molecule has 0 aliphatic heterocycles. The normalized spacial score (nSPS) is 22.8. The summed E-state index contributed by atoms with van der Waals surface area (Å²) in [6, 6.07) is 5.91. The fraction of sp³-hybridized carbons (Fsp3) is 0.429. The van der Waals surface area contributed by atoms with Crippen LogP contribution in [0.15, 0.2) is 24.5 Å². The van der Waals surface area contributed by atoms with Crippen molar-refractivity contribution in [3.05, 3.63) is 24.5 Å². The van der Waals surface area contributed by atoms with Crippen LogP contribution in [0.5, 0.6) is 0 Å². The minimum atomic E-state index is 0.225. The third-order valence-corrected chi connectivity index (χ3v) is 3.88. The van der Waals surface area contributed by atoms with E-state index in [2.05, 4.69) is 15.3 Å². The highest BCUT2D eigenvalue weighted by Crippen LogP contribution is 2.30. The second kappa shape index (κ2) is 5.01. The number of nitrogens with zero attached hydrogens (tertiary/aromatic N) is 2. The van der Waals surface area contributed by atoms with Gasteiger partial charge in [-0.15, -0.1) is 0 Å². The van der Waals surface area contributed by atoms with Crippen molar-refractivity contribution in [2.45, 2.75) is 25.3 Å². The molecule has 1 aliphatic carbocycles. The lowest BCUT2D eigenvalue weighted by atomic mass is 10.0. The molecule has 1 fully saturated rings. The van der Waals surface area contributed by atoms with Crippen molar-refractivity contribution in [3.63, 3.8) is 0 Å². The first-order valence-corrected chi connectivity index (χ1v) is 6.65. The Morgan fingerprint density at radius 2 is 2.21 bits per heavy atom. The molecule has 0 radical (unpaired) electrons. The lowest BCUT2D eigenvalue weighted by Crippen LogP contribution is -2.26. The zero-order chi connectivity index (χ0) is 13.2. The molecular formula is C14H18N4O. The van der Waals surface area contributed by atoms with E-state index in [1.54, 1.807) is 6.33 Å². The van der Waals surface area contributed by atoms with E-state index < -0.39 is 0 Å². The standard InChI is InChI=1S/C14H18N4O/c15-10-4-5-13-11(6-10)14(17-8-16-13)18-12-3-1-2-9(12)7-19/h4-6,8-9,12,19H,1-3,7,15H2,(H,16,17,18). The summed E-state index contributed by atoms with van der Waals surface area (Å²) in [5.41, 5.74) is 7.42. The minimum Gasteiger partial charge on any atom is -0.399 e. The molecule has 2 atom stereocenters. The maximum atomic E-state index is 9.38. The van der Waals surface area contributed by atoms with Gasteiger partial charge in [0.25, 0.3) is 0 Å². The second-order valence-electron chi connectivity index (χ2n) is 5.12. The van der Waals surface area contributed by atoms with E-state index in [0.717, 1.165) is 36.0 Å². The van der Waals surface area contributed by atoms with Crippen molar-refractivity contribution < 1.29 is 5.11 Å². The third-order valence-electron chi connectivity index (χ3n) is 3.88. The van der Waals surface area contributed by atoms with Crippen LogP contribution in [0.1, 0.15) is 19.3 Å². The van der Waals surface area contributed by atoms with Crippen LogP contribution in [-0.4, -0.2) is 27.7 Å². The Labute approximate surface area is 111 Å². The van der Waals surface area contributed by atoms with Crippen LogP contribution in [0.25, 0.3) is 10.9 Å². The van der Waals surface area contributed by atoms with Gasteiger partial charge in [0.1, 0.15) is 12.1 Å². The number of nitrogen functional groups attached to an aromatic ring is 1. The molecule has 3 rings (SSSR count). The number of rotatable bonds is 3. The van der Waals surface area contributed by atoms with Gasteiger partial charge in [-0.1, -0.05) is 6.42 Å². The van der Waals surface area contributed by atoms with Gasteiger partial charge in [0.15, 0.2) is 0 Å². The maximum Gasteiger partial charge on any atom is 0.137 e. The van der Waals surface area contributed by atoms with Gasteiger partial charge in [-0.25, -0.2) is 9.97 Å². The van der Waals surface area contributed by atoms with E-state index in [1.807, 2.05) is 18.2 Å². The second-order valence-corrected chi connectivity index (χ2v) is 5.12. The van der Waals surface area contributed by atoms with Crippen LogP contribution >= 0.6 is 0 Å². The topological polar surface area (TPSA) is 84.1 Å². The quantitative estimate of drug-likeness (QED) is 0.731. The van der Waals surface area contributed by atoms with Crippen LogP contribution in [0, 0.1) is 5.92 Å². The van der Waals surface area contributed by atoms with E-state index >= 15 is 0 Å². The molecule has 19 heavy (non-hydrogen) atoms. The number of hydrogen-bond acceptors (Lipinski definition) is 5. The first kappa shape index (κ1) is 12.2. The number of aliphatic hydroxyl groups excluding tert-OH is 1. The summed E-state index contributed by atoms with van der Waals surface area (Å²) in [6.07, 6.45) is 4.84. The summed E-state index contributed by atoms with van der Waals surface area (Å²) in [5.74, 6) is 1.12. The molecule has 1 heterocycles. The van der Waals surface area contributed by atoms with Crippen LogP contribution in [0.4, 0.5) is 11.5 Å². The van der Waals surface area contributed by atoms with Gasteiger partial charge in [0.2, 0.25) is 0 Å². The van der Waals surface area contributed by atoms with Gasteiger partial charge in [-0.2, -0.15) is 0 Å². The Morgan fingerprint density at radius 1 is 1.32 bits per heavy atom. The zero-order valence-corrected chi connectivity index (χ0v) is 10.7. The molecule has 1 aliphatic rings. The number of aromatic nitrogens is 2. The molecule has 0 spiro atoms. The highest BCUT2D eigenvalue weighted by molar-refractivity contribution is 5.91. The Kier molecular flexibility index (Phi) is 3.21. The van der Waals surface area contributed by atoms with Gasteiger partial charge in [0, 0.05) is 29.6 Å². The molecule has 2 unspecified atom stereocenters. The number of hydrogen-bond donors (Lipinski definition) is 3. The van der Waals surface area contributed by atoms with Crippen LogP contribution in [0.2, 0.25) is 0 Å². The fourth-order valence-corrected chi connectivity index (χ4v) is 2.81. The molecule has 5 heteroatoms. The molecule has 1 saturated carbocycles. The summed E-state index contributed by atoms with van der Waals surface area (Å²) in [7, 11) is 0. The summed E-state index contributed by atoms with van der Waals surface area (Å²) in [6.45, 7) is 0.225. The fourth-order valence-electron chi connectivity index (χ4n) is 2.81. The molecule has 0 saturated heterocycles. The van der Waals surface area contributed by atoms with Crippen molar-refractivity contribution in [1.82, 2.24) is 9.97 Å². The molecule has 1 aromatic carbocycles. The van der Waals surface area contributed by atoms with Gasteiger partial charge in [-0.3, -0.25) is 0 Å². The molecule has 1 aromatic heterocycles. The average molecular weight is 258 g/mol. The SMILES string of the molecule is Nc1ccc2ncnc(NC3CCCC3CO)c2c1. The molecular weight excluding hydrogens is 240 g/mol. The summed E-state index contributed by atoms with van der Waals surface area (Å²) in [4.78, 5) is 8.56. The van der Waals surface area contributed by atoms with E-state index in [1.165, 1.54) is 0 Å². The largest absolute Gasteiger partial charge is 0.399 e. The van der Waals surface area contributed by atoms with Crippen molar-refractivity contribution in [3.8, 4) is 0 Å². The van der Waals surface area contributed by atoms with Crippen LogP contribution in [0.3, 0.4) is 0 Å². The average Bonchev–Trinajstić information content (AvgIpc) is 2.87. The highest BCUT2D eigenvalue weighted by Gasteiger charge is 2.27. The molecule has 2 aromatic rings. The van der Waals surface area contributed by atoms with Crippen LogP contribution < -0.4 is 11.1 Å². The van der Waals surface area contributed by atoms with E-state index in [0.29, 0.717) is 11.6 Å². The smallest absolute Gasteiger partial charge is 0.137 e. The van der Waals surface area contributed by atoms with Gasteiger partial charge >= 0.3 is 0 Å². The van der Waals surface area contributed by atoms with Crippen molar-refractivity contribution in [1.29, 1.82) is 0 Å². The zero-order valence-electron chi connectivity index (χ0n) is 10.7. The van der Waals surface area contributed by atoms with E-state index in [-0.39, 0.29) is 12.6 Å². The monoisotopic (exact) mass is 258 g/mol. The first-order chi connectivity index (χ1) is 9.28. The third kappa shape index (κ3) is 2.33. The van der Waals surface area contributed by atoms with Crippen LogP contribution in [-0.2, 0) is 0 Å². The molecule has 0 bridgehead atoms. The van der Waals surface area contributed by atoms with Crippen molar-refractivity contribution in [2.24, 2.45) is 5.92 Å². The van der Waals surface area contributed by atoms with Crippen molar-refractivity contribution in [2.75, 3.05) is 17.7 Å². The summed E-state index contributed by atoms with van der Waals surface area (Å²) in [5, 5.41) is 13.8. The number of benzene rings is 1. The highest BCUT2D eigenvalue weighted by atomic mass is 16.3. The summed E-state index contributed by atoms with van der Waals surface area (Å²) < 4.78 is 0. The maximum absolute atomic E-state index is 9.38. The van der Waals surface area contributed by atoms with Gasteiger partial charge in [0.05, 0.1) is 5.52 Å². The molecule has 4 N–H and O–H groups in total. The molecule has 100 valence electrons. The lowest BCUT2D eigenvalue weighted by Gasteiger charge is -2.20. The number of nitrogens with one attached hydrogen (secondary N) is 1. The summed E-state index contributed by atoms with van der Waals surface area (Å²) >= 11 is 0. The predicted octanol–water partition coefficient (Wildman–Crippen LogP) is 1.78. The minimum absolute atomic E-state index is 0.225. The molecule has 0 amide bonds. The van der Waals surface area contributed by atoms with Gasteiger partial charge in [-0.05, 0) is 31.0 Å². The number of fused-ring (bicyclic) bond motifs is 1. The van der Waals surface area contributed by atoms with Gasteiger partial charge < -0.3 is 16.2 Å². The number of anilines is 2. The Hall–Kier alpha value is -1.88. The first-order valence-electron chi connectivity index (χ1n) is 6.65. The van der Waals surface area contributed by atoms with E-state index in [9.17, 15) is 5.11 Å². The Balaban J connectivity index is 1.94. The predicted molar refractivity (Wildman–Crippen MR) is 75.8 cm³/mol.